The van der Waals surface area contributed by atoms with E-state index < -0.39 is 0 Å². The Balaban J connectivity index is 1.86. The number of nitrogens with one attached hydrogen (secondary N) is 1. The largest absolute Gasteiger partial charge is 0.309 e. The maximum atomic E-state index is 3.63. The van der Waals surface area contributed by atoms with Crippen LogP contribution in [0.15, 0.2) is 0 Å². The molecule has 1 saturated heterocycles. The van der Waals surface area contributed by atoms with E-state index in [1.165, 1.54) is 45.2 Å². The van der Waals surface area contributed by atoms with Crippen LogP contribution in [-0.4, -0.2) is 36.1 Å². The van der Waals surface area contributed by atoms with Gasteiger partial charge in [0.1, 0.15) is 0 Å². The molecule has 1 aliphatic heterocycles. The van der Waals surface area contributed by atoms with E-state index >= 15 is 0 Å². The smallest absolute Gasteiger partial charge is 0.0252 e. The van der Waals surface area contributed by atoms with E-state index in [1.54, 1.807) is 0 Å². The van der Waals surface area contributed by atoms with Gasteiger partial charge in [0.25, 0.3) is 0 Å². The van der Waals surface area contributed by atoms with Crippen LogP contribution in [0.1, 0.15) is 52.9 Å². The standard InChI is InChI=1S/C14H28N2/c1-12-9-15-14(2,3)11-16(12)10-13-7-5-4-6-8-13/h12-13,15H,4-11H2,1-3H3. The molecule has 1 unspecified atom stereocenters. The first-order chi connectivity index (χ1) is 7.57. The van der Waals surface area contributed by atoms with E-state index in [4.69, 9.17) is 0 Å². The van der Waals surface area contributed by atoms with Crippen LogP contribution >= 0.6 is 0 Å². The van der Waals surface area contributed by atoms with Gasteiger partial charge in [-0.3, -0.25) is 4.90 Å². The summed E-state index contributed by atoms with van der Waals surface area (Å²) < 4.78 is 0. The average molecular weight is 224 g/mol. The number of piperazine rings is 1. The third kappa shape index (κ3) is 3.21. The van der Waals surface area contributed by atoms with Crippen LogP contribution in [0, 0.1) is 5.92 Å². The second-order valence-electron chi connectivity index (χ2n) is 6.55. The van der Waals surface area contributed by atoms with E-state index in [9.17, 15) is 0 Å². The molecule has 2 nitrogen and oxygen atoms in total. The Labute approximate surface area is 101 Å². The molecular formula is C14H28N2. The van der Waals surface area contributed by atoms with Crippen molar-refractivity contribution in [3.05, 3.63) is 0 Å². The van der Waals surface area contributed by atoms with Crippen molar-refractivity contribution in [2.75, 3.05) is 19.6 Å². The lowest BCUT2D eigenvalue weighted by atomic mass is 9.87. The quantitative estimate of drug-likeness (QED) is 0.776. The van der Waals surface area contributed by atoms with Gasteiger partial charge >= 0.3 is 0 Å². The average Bonchev–Trinajstić information content (AvgIpc) is 2.25. The zero-order valence-corrected chi connectivity index (χ0v) is 11.3. The summed E-state index contributed by atoms with van der Waals surface area (Å²) in [5, 5.41) is 3.63. The normalized spacial score (nSPS) is 32.8. The SMILES string of the molecule is CC1CNC(C)(C)CN1CC1CCCCC1. The van der Waals surface area contributed by atoms with Crippen LogP contribution in [-0.2, 0) is 0 Å². The molecule has 2 rings (SSSR count). The first-order valence-electron chi connectivity index (χ1n) is 7.06. The van der Waals surface area contributed by atoms with Gasteiger partial charge in [0.15, 0.2) is 0 Å². The predicted octanol–water partition coefficient (Wildman–Crippen LogP) is 2.64. The Morgan fingerprint density at radius 1 is 1.19 bits per heavy atom. The summed E-state index contributed by atoms with van der Waals surface area (Å²) >= 11 is 0. The molecular weight excluding hydrogens is 196 g/mol. The summed E-state index contributed by atoms with van der Waals surface area (Å²) in [6.07, 6.45) is 7.34. The molecule has 0 aromatic rings. The minimum Gasteiger partial charge on any atom is -0.309 e. The first-order valence-corrected chi connectivity index (χ1v) is 7.06. The van der Waals surface area contributed by atoms with Crippen molar-refractivity contribution in [2.24, 2.45) is 5.92 Å². The van der Waals surface area contributed by atoms with Gasteiger partial charge in [0.05, 0.1) is 0 Å². The summed E-state index contributed by atoms with van der Waals surface area (Å²) in [6.45, 7) is 10.7. The molecule has 16 heavy (non-hydrogen) atoms. The third-order valence-corrected chi connectivity index (χ3v) is 4.32. The number of rotatable bonds is 2. The minimum absolute atomic E-state index is 0.307. The minimum atomic E-state index is 0.307. The van der Waals surface area contributed by atoms with Crippen LogP contribution in [0.4, 0.5) is 0 Å². The molecule has 0 spiro atoms. The van der Waals surface area contributed by atoms with Crippen molar-refractivity contribution in [3.8, 4) is 0 Å². The monoisotopic (exact) mass is 224 g/mol. The molecule has 1 atom stereocenters. The van der Waals surface area contributed by atoms with Gasteiger partial charge in [-0.15, -0.1) is 0 Å². The van der Waals surface area contributed by atoms with Crippen LogP contribution in [0.2, 0.25) is 0 Å². The van der Waals surface area contributed by atoms with Crippen molar-refractivity contribution in [3.63, 3.8) is 0 Å². The first kappa shape index (κ1) is 12.4. The zero-order valence-electron chi connectivity index (χ0n) is 11.3. The van der Waals surface area contributed by atoms with Crippen molar-refractivity contribution >= 4 is 0 Å². The summed E-state index contributed by atoms with van der Waals surface area (Å²) in [5.74, 6) is 0.977. The second kappa shape index (κ2) is 5.05. The summed E-state index contributed by atoms with van der Waals surface area (Å²) in [7, 11) is 0. The Kier molecular flexibility index (Phi) is 3.91. The highest BCUT2D eigenvalue weighted by molar-refractivity contribution is 4.91. The Morgan fingerprint density at radius 2 is 1.88 bits per heavy atom. The maximum Gasteiger partial charge on any atom is 0.0252 e. The van der Waals surface area contributed by atoms with Gasteiger partial charge in [-0.25, -0.2) is 0 Å². The van der Waals surface area contributed by atoms with E-state index in [2.05, 4.69) is 31.0 Å². The van der Waals surface area contributed by atoms with Crippen molar-refractivity contribution < 1.29 is 0 Å². The fourth-order valence-electron chi connectivity index (χ4n) is 3.22. The number of hydrogen-bond acceptors (Lipinski definition) is 2. The van der Waals surface area contributed by atoms with Gasteiger partial charge in [-0.05, 0) is 39.5 Å². The summed E-state index contributed by atoms with van der Waals surface area (Å²) in [6, 6.07) is 0.718. The van der Waals surface area contributed by atoms with Crippen LogP contribution in [0.3, 0.4) is 0 Å². The molecule has 2 fully saturated rings. The summed E-state index contributed by atoms with van der Waals surface area (Å²) in [5.41, 5.74) is 0.307. The topological polar surface area (TPSA) is 15.3 Å². The highest BCUT2D eigenvalue weighted by Crippen LogP contribution is 2.26. The van der Waals surface area contributed by atoms with Gasteiger partial charge in [0.2, 0.25) is 0 Å². The molecule has 2 heteroatoms. The molecule has 0 bridgehead atoms. The molecule has 0 amide bonds. The molecule has 1 saturated carbocycles. The molecule has 94 valence electrons. The lowest BCUT2D eigenvalue weighted by molar-refractivity contribution is 0.0802. The van der Waals surface area contributed by atoms with Gasteiger partial charge in [-0.1, -0.05) is 19.3 Å². The maximum absolute atomic E-state index is 3.63. The van der Waals surface area contributed by atoms with E-state index in [0.717, 1.165) is 18.5 Å². The van der Waals surface area contributed by atoms with Crippen molar-refractivity contribution in [1.29, 1.82) is 0 Å². The van der Waals surface area contributed by atoms with E-state index in [-0.39, 0.29) is 0 Å². The molecule has 1 N–H and O–H groups in total. The van der Waals surface area contributed by atoms with Crippen molar-refractivity contribution in [1.82, 2.24) is 10.2 Å². The predicted molar refractivity (Wildman–Crippen MR) is 69.7 cm³/mol. The van der Waals surface area contributed by atoms with E-state index in [0.29, 0.717) is 5.54 Å². The van der Waals surface area contributed by atoms with Gasteiger partial charge in [-0.2, -0.15) is 0 Å². The molecule has 2 aliphatic rings. The number of nitrogens with zero attached hydrogens (tertiary/aromatic N) is 1. The zero-order chi connectivity index (χ0) is 11.6. The molecule has 1 aliphatic carbocycles. The highest BCUT2D eigenvalue weighted by atomic mass is 15.2. The van der Waals surface area contributed by atoms with Crippen LogP contribution in [0.5, 0.6) is 0 Å². The van der Waals surface area contributed by atoms with Gasteiger partial charge < -0.3 is 5.32 Å². The Hall–Kier alpha value is -0.0800. The van der Waals surface area contributed by atoms with Crippen LogP contribution < -0.4 is 5.32 Å². The molecule has 1 heterocycles. The van der Waals surface area contributed by atoms with Crippen LogP contribution in [0.25, 0.3) is 0 Å². The Morgan fingerprint density at radius 3 is 2.56 bits per heavy atom. The lowest BCUT2D eigenvalue weighted by Crippen LogP contribution is -2.61. The highest BCUT2D eigenvalue weighted by Gasteiger charge is 2.31. The fourth-order valence-corrected chi connectivity index (χ4v) is 3.22. The fraction of sp³-hybridized carbons (Fsp3) is 1.00. The van der Waals surface area contributed by atoms with Gasteiger partial charge in [0, 0.05) is 31.2 Å². The van der Waals surface area contributed by atoms with E-state index in [1.807, 2.05) is 0 Å². The lowest BCUT2D eigenvalue weighted by Gasteiger charge is -2.45. The number of hydrogen-bond donors (Lipinski definition) is 1. The molecule has 0 aromatic heterocycles. The second-order valence-corrected chi connectivity index (χ2v) is 6.55. The Bertz CT molecular complexity index is 219. The third-order valence-electron chi connectivity index (χ3n) is 4.32. The summed E-state index contributed by atoms with van der Waals surface area (Å²) in [4.78, 5) is 2.71. The molecule has 0 aromatic carbocycles. The van der Waals surface area contributed by atoms with Crippen molar-refractivity contribution in [2.45, 2.75) is 64.5 Å². The molecule has 0 radical (unpaired) electrons.